The third kappa shape index (κ3) is 5.56. The molecule has 0 saturated heterocycles. The molecule has 1 aliphatic heterocycles. The summed E-state index contributed by atoms with van der Waals surface area (Å²) in [5.41, 5.74) is 2.67. The van der Waals surface area contributed by atoms with Crippen LogP contribution < -0.4 is 24.9 Å². The van der Waals surface area contributed by atoms with E-state index in [1.54, 1.807) is 36.6 Å². The number of nitrogens with zero attached hydrogens (tertiary/aromatic N) is 2. The second-order valence-corrected chi connectivity index (χ2v) is 9.82. The van der Waals surface area contributed by atoms with Crippen LogP contribution in [0.15, 0.2) is 69.6 Å². The quantitative estimate of drug-likeness (QED) is 0.482. The van der Waals surface area contributed by atoms with E-state index < -0.39 is 12.0 Å². The van der Waals surface area contributed by atoms with Gasteiger partial charge in [0.25, 0.3) is 5.56 Å². The first-order valence-corrected chi connectivity index (χ1v) is 12.8. The van der Waals surface area contributed by atoms with Crippen molar-refractivity contribution in [3.63, 3.8) is 0 Å². The average molecular weight is 520 g/mol. The SMILES string of the molecule is CCOC(=O)C1=C(C)N=c2s/c(=C/c3ccc(NC(C)=O)cc3)c(=O)n2C1c1ccccc1OC(C)C. The van der Waals surface area contributed by atoms with Crippen molar-refractivity contribution in [3.05, 3.63) is 90.6 Å². The molecule has 1 unspecified atom stereocenters. The number of amides is 1. The summed E-state index contributed by atoms with van der Waals surface area (Å²) in [6, 6.07) is 13.8. The number of rotatable bonds is 7. The van der Waals surface area contributed by atoms with Crippen LogP contribution in [0.2, 0.25) is 0 Å². The molecule has 0 bridgehead atoms. The molecule has 192 valence electrons. The van der Waals surface area contributed by atoms with Crippen LogP contribution in [0, 0.1) is 0 Å². The second-order valence-electron chi connectivity index (χ2n) is 8.81. The Morgan fingerprint density at radius 2 is 1.86 bits per heavy atom. The molecule has 0 saturated carbocycles. The molecule has 3 aromatic rings. The molecule has 1 N–H and O–H groups in total. The Hall–Kier alpha value is -3.98. The van der Waals surface area contributed by atoms with E-state index in [1.165, 1.54) is 18.3 Å². The Morgan fingerprint density at radius 3 is 2.51 bits per heavy atom. The van der Waals surface area contributed by atoms with Crippen LogP contribution in [0.4, 0.5) is 5.69 Å². The molecule has 2 heterocycles. The van der Waals surface area contributed by atoms with Crippen LogP contribution in [0.25, 0.3) is 6.08 Å². The molecule has 0 radical (unpaired) electrons. The maximum Gasteiger partial charge on any atom is 0.338 e. The van der Waals surface area contributed by atoms with Gasteiger partial charge in [-0.1, -0.05) is 41.7 Å². The fourth-order valence-electron chi connectivity index (χ4n) is 4.17. The molecule has 37 heavy (non-hydrogen) atoms. The zero-order chi connectivity index (χ0) is 26.7. The number of carbonyl (C=O) groups excluding carboxylic acids is 2. The number of fused-ring (bicyclic) bond motifs is 1. The summed E-state index contributed by atoms with van der Waals surface area (Å²) in [4.78, 5) is 43.3. The van der Waals surface area contributed by atoms with Crippen molar-refractivity contribution >= 4 is 35.0 Å². The zero-order valence-electron chi connectivity index (χ0n) is 21.4. The maximum absolute atomic E-state index is 13.8. The predicted octanol–water partition coefficient (Wildman–Crippen LogP) is 3.54. The van der Waals surface area contributed by atoms with Crippen molar-refractivity contribution in [1.29, 1.82) is 0 Å². The number of nitrogens with one attached hydrogen (secondary N) is 1. The Kier molecular flexibility index (Phi) is 7.73. The number of benzene rings is 2. The Bertz CT molecular complexity index is 1550. The molecule has 9 heteroatoms. The highest BCUT2D eigenvalue weighted by atomic mass is 32.1. The summed E-state index contributed by atoms with van der Waals surface area (Å²) in [6.45, 7) is 8.99. The number of aromatic nitrogens is 1. The van der Waals surface area contributed by atoms with Gasteiger partial charge in [0.2, 0.25) is 5.91 Å². The van der Waals surface area contributed by atoms with Crippen LogP contribution in [0.1, 0.15) is 51.8 Å². The third-order valence-corrected chi connectivity index (χ3v) is 6.61. The number of hydrogen-bond acceptors (Lipinski definition) is 7. The van der Waals surface area contributed by atoms with Crippen molar-refractivity contribution in [1.82, 2.24) is 4.57 Å². The number of ether oxygens (including phenoxy) is 2. The number of carbonyl (C=O) groups is 2. The van der Waals surface area contributed by atoms with Crippen molar-refractivity contribution < 1.29 is 19.1 Å². The molecule has 1 aliphatic rings. The van der Waals surface area contributed by atoms with Crippen LogP contribution in [-0.4, -0.2) is 29.2 Å². The second kappa shape index (κ2) is 11.0. The minimum absolute atomic E-state index is 0.103. The number of esters is 1. The topological polar surface area (TPSA) is 99.0 Å². The Balaban J connectivity index is 1.90. The Morgan fingerprint density at radius 1 is 1.16 bits per heavy atom. The number of thiazole rings is 1. The largest absolute Gasteiger partial charge is 0.491 e. The van der Waals surface area contributed by atoms with E-state index in [1.807, 2.05) is 50.2 Å². The van der Waals surface area contributed by atoms with Crippen LogP contribution in [0.5, 0.6) is 5.75 Å². The van der Waals surface area contributed by atoms with Gasteiger partial charge in [-0.15, -0.1) is 0 Å². The molecule has 0 aliphatic carbocycles. The number of allylic oxidation sites excluding steroid dienone is 1. The standard InChI is InChI=1S/C28H29N3O5S/c1-6-35-27(34)24-17(4)29-28-31(25(24)21-9-7-8-10-22(21)36-16(2)3)26(33)23(37-28)15-19-11-13-20(14-12-19)30-18(5)32/h7-16,25H,6H2,1-5H3,(H,30,32)/b23-15+. The van der Waals surface area contributed by atoms with Crippen molar-refractivity contribution in [2.45, 2.75) is 46.8 Å². The van der Waals surface area contributed by atoms with Crippen molar-refractivity contribution in [2.24, 2.45) is 4.99 Å². The van der Waals surface area contributed by atoms with E-state index in [0.29, 0.717) is 37.6 Å². The number of para-hydroxylation sites is 1. The molecule has 2 aromatic carbocycles. The van der Waals surface area contributed by atoms with Crippen LogP contribution in [0.3, 0.4) is 0 Å². The minimum Gasteiger partial charge on any atom is -0.491 e. The Labute approximate surface area is 218 Å². The van der Waals surface area contributed by atoms with Crippen LogP contribution in [-0.2, 0) is 14.3 Å². The zero-order valence-corrected chi connectivity index (χ0v) is 22.2. The summed E-state index contributed by atoms with van der Waals surface area (Å²) in [7, 11) is 0. The first kappa shape index (κ1) is 26.1. The summed E-state index contributed by atoms with van der Waals surface area (Å²) in [5.74, 6) is -0.0892. The summed E-state index contributed by atoms with van der Waals surface area (Å²) >= 11 is 1.25. The lowest BCUT2D eigenvalue weighted by Gasteiger charge is -2.26. The molecular weight excluding hydrogens is 490 g/mol. The van der Waals surface area contributed by atoms with E-state index in [-0.39, 0.29) is 24.2 Å². The van der Waals surface area contributed by atoms with Gasteiger partial charge in [-0.3, -0.25) is 14.2 Å². The lowest BCUT2D eigenvalue weighted by Crippen LogP contribution is -2.40. The molecule has 0 spiro atoms. The molecule has 1 atom stereocenters. The smallest absolute Gasteiger partial charge is 0.338 e. The number of anilines is 1. The van der Waals surface area contributed by atoms with E-state index in [4.69, 9.17) is 9.47 Å². The van der Waals surface area contributed by atoms with Crippen LogP contribution >= 0.6 is 11.3 Å². The maximum atomic E-state index is 13.8. The highest BCUT2D eigenvalue weighted by molar-refractivity contribution is 7.07. The fraction of sp³-hybridized carbons (Fsp3) is 0.286. The van der Waals surface area contributed by atoms with Crippen molar-refractivity contribution in [3.8, 4) is 5.75 Å². The van der Waals surface area contributed by atoms with E-state index in [2.05, 4.69) is 10.3 Å². The van der Waals surface area contributed by atoms with Gasteiger partial charge >= 0.3 is 5.97 Å². The molecule has 0 fully saturated rings. The fourth-order valence-corrected chi connectivity index (χ4v) is 5.22. The predicted molar refractivity (Wildman–Crippen MR) is 143 cm³/mol. The molecule has 1 amide bonds. The first-order valence-electron chi connectivity index (χ1n) is 12.0. The summed E-state index contributed by atoms with van der Waals surface area (Å²) in [5, 5.41) is 2.73. The van der Waals surface area contributed by atoms with E-state index >= 15 is 0 Å². The minimum atomic E-state index is -0.755. The summed E-state index contributed by atoms with van der Waals surface area (Å²) < 4.78 is 13.5. The lowest BCUT2D eigenvalue weighted by atomic mass is 9.95. The van der Waals surface area contributed by atoms with Gasteiger partial charge in [0.15, 0.2) is 4.80 Å². The van der Waals surface area contributed by atoms with E-state index in [0.717, 1.165) is 5.56 Å². The monoisotopic (exact) mass is 519 g/mol. The molecular formula is C28H29N3O5S. The normalized spacial score (nSPS) is 15.3. The van der Waals surface area contributed by atoms with Gasteiger partial charge in [-0.05, 0) is 57.5 Å². The van der Waals surface area contributed by atoms with Gasteiger partial charge in [0.05, 0.1) is 28.5 Å². The molecule has 8 nitrogen and oxygen atoms in total. The first-order chi connectivity index (χ1) is 17.7. The lowest BCUT2D eigenvalue weighted by molar-refractivity contribution is -0.139. The number of hydrogen-bond donors (Lipinski definition) is 1. The van der Waals surface area contributed by atoms with Crippen molar-refractivity contribution in [2.75, 3.05) is 11.9 Å². The van der Waals surface area contributed by atoms with Gasteiger partial charge in [0, 0.05) is 18.2 Å². The molecule has 1 aromatic heterocycles. The van der Waals surface area contributed by atoms with Gasteiger partial charge in [-0.2, -0.15) is 0 Å². The average Bonchev–Trinajstić information content (AvgIpc) is 3.13. The van der Waals surface area contributed by atoms with E-state index in [9.17, 15) is 14.4 Å². The van der Waals surface area contributed by atoms with Gasteiger partial charge in [0.1, 0.15) is 11.8 Å². The van der Waals surface area contributed by atoms with Gasteiger partial charge in [-0.25, -0.2) is 9.79 Å². The highest BCUT2D eigenvalue weighted by Gasteiger charge is 2.35. The molecule has 4 rings (SSSR count). The summed E-state index contributed by atoms with van der Waals surface area (Å²) in [6.07, 6.45) is 1.67. The van der Waals surface area contributed by atoms with Gasteiger partial charge < -0.3 is 14.8 Å². The highest BCUT2D eigenvalue weighted by Crippen LogP contribution is 2.36. The third-order valence-electron chi connectivity index (χ3n) is 5.62.